The number of halogens is 3. The van der Waals surface area contributed by atoms with Gasteiger partial charge < -0.3 is 9.80 Å². The molecular weight excluding hydrogens is 350 g/mol. The van der Waals surface area contributed by atoms with Crippen LogP contribution in [0.1, 0.15) is 20.7 Å². The largest absolute Gasteiger partial charge is 0.335 e. The number of piperazine rings is 1. The zero-order chi connectivity index (χ0) is 18.0. The fourth-order valence-electron chi connectivity index (χ4n) is 2.75. The topological polar surface area (TPSA) is 40.6 Å². The predicted octanol–water partition coefficient (Wildman–Crippen LogP) is 3.22. The Morgan fingerprint density at radius 3 is 2.00 bits per heavy atom. The van der Waals surface area contributed by atoms with Crippen molar-refractivity contribution >= 4 is 23.4 Å². The highest BCUT2D eigenvalue weighted by atomic mass is 35.5. The molecule has 0 radical (unpaired) electrons. The normalized spacial score (nSPS) is 14.5. The minimum Gasteiger partial charge on any atom is -0.335 e. The third-order valence-corrected chi connectivity index (χ3v) is 4.45. The first-order valence-corrected chi connectivity index (χ1v) is 8.13. The van der Waals surface area contributed by atoms with Gasteiger partial charge in [0, 0.05) is 26.2 Å². The third kappa shape index (κ3) is 3.64. The van der Waals surface area contributed by atoms with Crippen LogP contribution in [0.25, 0.3) is 0 Å². The molecule has 1 aliphatic heterocycles. The van der Waals surface area contributed by atoms with Crippen LogP contribution < -0.4 is 0 Å². The standard InChI is InChI=1S/C18H15ClF2N2O2/c19-15-4-2-1-3-13(15)17(24)22-7-9-23(10-8-22)18(25)14-11-12(20)5-6-16(14)21/h1-6,11H,7-10H2. The third-order valence-electron chi connectivity index (χ3n) is 4.12. The highest BCUT2D eigenvalue weighted by molar-refractivity contribution is 6.33. The highest BCUT2D eigenvalue weighted by Crippen LogP contribution is 2.19. The van der Waals surface area contributed by atoms with Gasteiger partial charge in [0.1, 0.15) is 11.6 Å². The van der Waals surface area contributed by atoms with E-state index in [1.54, 1.807) is 29.2 Å². The minimum absolute atomic E-state index is 0.213. The Hall–Kier alpha value is -2.47. The van der Waals surface area contributed by atoms with E-state index in [2.05, 4.69) is 0 Å². The van der Waals surface area contributed by atoms with Crippen LogP contribution in [-0.2, 0) is 0 Å². The highest BCUT2D eigenvalue weighted by Gasteiger charge is 2.27. The van der Waals surface area contributed by atoms with Crippen molar-refractivity contribution in [2.45, 2.75) is 0 Å². The summed E-state index contributed by atoms with van der Waals surface area (Å²) in [7, 11) is 0. The number of carbonyl (C=O) groups excluding carboxylic acids is 2. The number of nitrogens with zero attached hydrogens (tertiary/aromatic N) is 2. The van der Waals surface area contributed by atoms with Crippen LogP contribution in [0.15, 0.2) is 42.5 Å². The van der Waals surface area contributed by atoms with Gasteiger partial charge in [-0.2, -0.15) is 0 Å². The molecule has 7 heteroatoms. The molecular formula is C18H15ClF2N2O2. The zero-order valence-corrected chi connectivity index (χ0v) is 14.0. The van der Waals surface area contributed by atoms with Crippen LogP contribution in [0.5, 0.6) is 0 Å². The Kier molecular flexibility index (Phi) is 4.99. The molecule has 0 saturated carbocycles. The molecule has 0 spiro atoms. The Labute approximate surface area is 148 Å². The summed E-state index contributed by atoms with van der Waals surface area (Å²) in [5, 5.41) is 0.368. The van der Waals surface area contributed by atoms with Crippen molar-refractivity contribution in [3.63, 3.8) is 0 Å². The number of benzene rings is 2. The molecule has 1 fully saturated rings. The average Bonchev–Trinajstić information content (AvgIpc) is 2.63. The zero-order valence-electron chi connectivity index (χ0n) is 13.2. The summed E-state index contributed by atoms with van der Waals surface area (Å²) in [6.45, 7) is 1.08. The molecule has 0 atom stereocenters. The smallest absolute Gasteiger partial charge is 0.257 e. The Balaban J connectivity index is 1.68. The number of rotatable bonds is 2. The first-order chi connectivity index (χ1) is 12.0. The summed E-state index contributed by atoms with van der Waals surface area (Å²) in [6.07, 6.45) is 0. The maximum absolute atomic E-state index is 13.8. The van der Waals surface area contributed by atoms with E-state index in [-0.39, 0.29) is 24.6 Å². The fourth-order valence-corrected chi connectivity index (χ4v) is 2.97. The molecule has 0 aromatic heterocycles. The van der Waals surface area contributed by atoms with Gasteiger partial charge in [-0.15, -0.1) is 0 Å². The number of carbonyl (C=O) groups is 2. The number of hydrogen-bond acceptors (Lipinski definition) is 2. The van der Waals surface area contributed by atoms with Gasteiger partial charge >= 0.3 is 0 Å². The molecule has 130 valence electrons. The molecule has 0 unspecified atom stereocenters. The van der Waals surface area contributed by atoms with Gasteiger partial charge in [0.15, 0.2) is 0 Å². The van der Waals surface area contributed by atoms with Crippen LogP contribution in [0.2, 0.25) is 5.02 Å². The summed E-state index contributed by atoms with van der Waals surface area (Å²) in [5.74, 6) is -2.23. The summed E-state index contributed by atoms with van der Waals surface area (Å²) in [4.78, 5) is 27.9. The second-order valence-corrected chi connectivity index (χ2v) is 6.10. The number of hydrogen-bond donors (Lipinski definition) is 0. The van der Waals surface area contributed by atoms with Gasteiger partial charge in [0.2, 0.25) is 0 Å². The molecule has 4 nitrogen and oxygen atoms in total. The molecule has 2 aromatic rings. The lowest BCUT2D eigenvalue weighted by molar-refractivity contribution is 0.0532. The van der Waals surface area contributed by atoms with E-state index < -0.39 is 17.5 Å². The molecule has 3 rings (SSSR count). The van der Waals surface area contributed by atoms with E-state index in [4.69, 9.17) is 11.6 Å². The monoisotopic (exact) mass is 364 g/mol. The van der Waals surface area contributed by atoms with Gasteiger partial charge in [0.25, 0.3) is 11.8 Å². The Morgan fingerprint density at radius 2 is 1.40 bits per heavy atom. The lowest BCUT2D eigenvalue weighted by atomic mass is 10.1. The summed E-state index contributed by atoms with van der Waals surface area (Å²) in [6, 6.07) is 9.53. The van der Waals surface area contributed by atoms with Crippen molar-refractivity contribution in [1.82, 2.24) is 9.80 Å². The van der Waals surface area contributed by atoms with Gasteiger partial charge in [-0.3, -0.25) is 9.59 Å². The van der Waals surface area contributed by atoms with Crippen LogP contribution in [0, 0.1) is 11.6 Å². The SMILES string of the molecule is O=C(c1cc(F)ccc1F)N1CCN(C(=O)c2ccccc2Cl)CC1. The summed E-state index contributed by atoms with van der Waals surface area (Å²) in [5.41, 5.74) is 0.103. The average molecular weight is 365 g/mol. The van der Waals surface area contributed by atoms with Gasteiger partial charge in [-0.05, 0) is 30.3 Å². The predicted molar refractivity (Wildman–Crippen MR) is 89.6 cm³/mol. The van der Waals surface area contributed by atoms with E-state index in [0.717, 1.165) is 18.2 Å². The van der Waals surface area contributed by atoms with Gasteiger partial charge in [-0.1, -0.05) is 23.7 Å². The summed E-state index contributed by atoms with van der Waals surface area (Å²) < 4.78 is 27.0. The van der Waals surface area contributed by atoms with Crippen molar-refractivity contribution in [3.8, 4) is 0 Å². The van der Waals surface area contributed by atoms with Crippen LogP contribution in [0.3, 0.4) is 0 Å². The molecule has 0 N–H and O–H groups in total. The second-order valence-electron chi connectivity index (χ2n) is 5.69. The van der Waals surface area contributed by atoms with Crippen molar-refractivity contribution in [3.05, 3.63) is 70.2 Å². The van der Waals surface area contributed by atoms with E-state index in [9.17, 15) is 18.4 Å². The molecule has 2 amide bonds. The van der Waals surface area contributed by atoms with E-state index in [1.807, 2.05) is 0 Å². The molecule has 1 aliphatic rings. The fraction of sp³-hybridized carbons (Fsp3) is 0.222. The van der Waals surface area contributed by atoms with Crippen molar-refractivity contribution < 1.29 is 18.4 Å². The molecule has 1 saturated heterocycles. The van der Waals surface area contributed by atoms with Gasteiger partial charge in [-0.25, -0.2) is 8.78 Å². The molecule has 25 heavy (non-hydrogen) atoms. The van der Waals surface area contributed by atoms with E-state index in [1.165, 1.54) is 4.90 Å². The van der Waals surface area contributed by atoms with Crippen LogP contribution in [-0.4, -0.2) is 47.8 Å². The second kappa shape index (κ2) is 7.19. The molecule has 0 aliphatic carbocycles. The quantitative estimate of drug-likeness (QED) is 0.821. The molecule has 2 aromatic carbocycles. The first-order valence-electron chi connectivity index (χ1n) is 7.75. The first kappa shape index (κ1) is 17.4. The lowest BCUT2D eigenvalue weighted by Crippen LogP contribution is -2.50. The van der Waals surface area contributed by atoms with Gasteiger partial charge in [0.05, 0.1) is 16.1 Å². The van der Waals surface area contributed by atoms with Crippen molar-refractivity contribution in [1.29, 1.82) is 0 Å². The molecule has 1 heterocycles. The van der Waals surface area contributed by atoms with Crippen LogP contribution >= 0.6 is 11.6 Å². The Bertz CT molecular complexity index is 820. The van der Waals surface area contributed by atoms with E-state index in [0.29, 0.717) is 23.7 Å². The maximum Gasteiger partial charge on any atom is 0.257 e. The van der Waals surface area contributed by atoms with Crippen molar-refractivity contribution in [2.24, 2.45) is 0 Å². The van der Waals surface area contributed by atoms with Crippen LogP contribution in [0.4, 0.5) is 8.78 Å². The number of amides is 2. The Morgan fingerprint density at radius 1 is 0.840 bits per heavy atom. The van der Waals surface area contributed by atoms with E-state index >= 15 is 0 Å². The van der Waals surface area contributed by atoms with Crippen molar-refractivity contribution in [2.75, 3.05) is 26.2 Å². The molecule has 0 bridgehead atoms. The maximum atomic E-state index is 13.8. The minimum atomic E-state index is -0.763. The summed E-state index contributed by atoms with van der Waals surface area (Å²) >= 11 is 6.04. The lowest BCUT2D eigenvalue weighted by Gasteiger charge is -2.35.